The molecule has 60 valence electrons. The number of aryl methyl sites for hydroxylation is 1. The van der Waals surface area contributed by atoms with Gasteiger partial charge < -0.3 is 0 Å². The van der Waals surface area contributed by atoms with E-state index in [1.165, 1.54) is 0 Å². The first kappa shape index (κ1) is 8.47. The van der Waals surface area contributed by atoms with Crippen molar-refractivity contribution in [1.82, 2.24) is 0 Å². The van der Waals surface area contributed by atoms with Crippen LogP contribution in [0.15, 0.2) is 23.1 Å². The molecule has 0 fully saturated rings. The molecular formula is C9H11FS. The summed E-state index contributed by atoms with van der Waals surface area (Å²) in [5, 5.41) is 0. The second-order valence-electron chi connectivity index (χ2n) is 2.57. The lowest BCUT2D eigenvalue weighted by atomic mass is 10.2. The molecule has 2 heteroatoms. The molecular weight excluding hydrogens is 159 g/mol. The first-order valence-corrected chi connectivity index (χ1v) is 5.13. The maximum atomic E-state index is 13.1. The Bertz CT molecular complexity index is 292. The van der Waals surface area contributed by atoms with Gasteiger partial charge in [0.25, 0.3) is 0 Å². The van der Waals surface area contributed by atoms with Crippen LogP contribution in [0, 0.1) is 12.7 Å². The zero-order chi connectivity index (χ0) is 8.43. The molecule has 1 aromatic carbocycles. The van der Waals surface area contributed by atoms with Gasteiger partial charge in [0.2, 0.25) is 0 Å². The predicted octanol–water partition coefficient (Wildman–Crippen LogP) is 2.82. The van der Waals surface area contributed by atoms with E-state index in [1.807, 2.05) is 19.2 Å². The third kappa shape index (κ3) is 1.90. The maximum Gasteiger partial charge on any atom is 0.136 e. The normalized spacial score (nSPS) is 13.0. The maximum absolute atomic E-state index is 13.1. The Morgan fingerprint density at radius 3 is 2.55 bits per heavy atom. The van der Waals surface area contributed by atoms with Gasteiger partial charge in [0.15, 0.2) is 0 Å². The average Bonchev–Trinajstić information content (AvgIpc) is 1.85. The minimum Gasteiger partial charge on any atom is -0.206 e. The van der Waals surface area contributed by atoms with E-state index in [0.717, 1.165) is 10.5 Å². The summed E-state index contributed by atoms with van der Waals surface area (Å²) in [5.74, 6) is 3.65. The number of benzene rings is 1. The first-order valence-electron chi connectivity index (χ1n) is 3.33. The number of hydrogen-bond acceptors (Lipinski definition) is 0. The molecule has 0 saturated heterocycles. The van der Waals surface area contributed by atoms with Crippen LogP contribution < -0.4 is 0 Å². The van der Waals surface area contributed by atoms with E-state index in [2.05, 4.69) is 5.87 Å². The number of rotatable bonds is 1. The predicted molar refractivity (Wildman–Crippen MR) is 50.0 cm³/mol. The van der Waals surface area contributed by atoms with E-state index in [4.69, 9.17) is 0 Å². The molecule has 0 aliphatic heterocycles. The van der Waals surface area contributed by atoms with Gasteiger partial charge in [-0.05, 0) is 30.9 Å². The molecule has 1 atom stereocenters. The van der Waals surface area contributed by atoms with E-state index in [0.29, 0.717) is 0 Å². The van der Waals surface area contributed by atoms with Gasteiger partial charge in [-0.15, -0.1) is 0 Å². The van der Waals surface area contributed by atoms with Crippen LogP contribution in [0.5, 0.6) is 0 Å². The van der Waals surface area contributed by atoms with Crippen molar-refractivity contribution in [3.05, 3.63) is 29.6 Å². The molecule has 0 amide bonds. The minimum atomic E-state index is -0.224. The highest BCUT2D eigenvalue weighted by molar-refractivity contribution is 8.13. The van der Waals surface area contributed by atoms with Gasteiger partial charge in [-0.1, -0.05) is 11.9 Å². The molecule has 0 heterocycles. The Balaban J connectivity index is 3.20. The lowest BCUT2D eigenvalue weighted by molar-refractivity contribution is 0.601. The summed E-state index contributed by atoms with van der Waals surface area (Å²) < 4.78 is 13.1. The van der Waals surface area contributed by atoms with Crippen molar-refractivity contribution in [2.75, 3.05) is 6.26 Å². The third-order valence-electron chi connectivity index (χ3n) is 1.46. The van der Waals surface area contributed by atoms with E-state index < -0.39 is 0 Å². The van der Waals surface area contributed by atoms with Crippen LogP contribution >= 0.6 is 10.5 Å². The zero-order valence-electron chi connectivity index (χ0n) is 6.73. The minimum absolute atomic E-state index is 0.133. The summed E-state index contributed by atoms with van der Waals surface area (Å²) in [6.45, 7) is 1.88. The molecule has 1 rings (SSSR count). The molecule has 0 N–H and O–H groups in total. The Labute approximate surface area is 69.0 Å². The molecule has 11 heavy (non-hydrogen) atoms. The van der Waals surface area contributed by atoms with Gasteiger partial charge in [-0.2, -0.15) is 10.5 Å². The summed E-state index contributed by atoms with van der Waals surface area (Å²) in [6.07, 6.45) is 1.91. The molecule has 0 saturated carbocycles. The lowest BCUT2D eigenvalue weighted by Crippen LogP contribution is -1.82. The van der Waals surface area contributed by atoms with E-state index in [9.17, 15) is 4.39 Å². The molecule has 1 aromatic rings. The second kappa shape index (κ2) is 3.18. The highest BCUT2D eigenvalue weighted by Gasteiger charge is 2.00. The quantitative estimate of drug-likeness (QED) is 0.568. The first-order chi connectivity index (χ1) is 5.11. The fraction of sp³-hybridized carbons (Fsp3) is 0.222. The highest BCUT2D eigenvalue weighted by Crippen LogP contribution is 2.24. The van der Waals surface area contributed by atoms with Crippen molar-refractivity contribution in [3.63, 3.8) is 0 Å². The van der Waals surface area contributed by atoms with Crippen molar-refractivity contribution < 1.29 is 4.39 Å². The lowest BCUT2D eigenvalue weighted by Gasteiger charge is -2.02. The molecule has 1 unspecified atom stereocenters. The fourth-order valence-electron chi connectivity index (χ4n) is 0.888. The van der Waals surface area contributed by atoms with Gasteiger partial charge in [0.05, 0.1) is 0 Å². The molecule has 0 radical (unpaired) electrons. The van der Waals surface area contributed by atoms with Gasteiger partial charge in [0, 0.05) is 4.90 Å². The van der Waals surface area contributed by atoms with Crippen LogP contribution in [0.4, 0.5) is 4.39 Å². The largest absolute Gasteiger partial charge is 0.206 e. The van der Waals surface area contributed by atoms with Crippen LogP contribution in [0.1, 0.15) is 5.56 Å². The molecule has 0 aromatic heterocycles. The van der Waals surface area contributed by atoms with E-state index >= 15 is 0 Å². The van der Waals surface area contributed by atoms with Crippen molar-refractivity contribution in [2.24, 2.45) is 0 Å². The topological polar surface area (TPSA) is 0 Å². The Hall–Kier alpha value is -0.630. The van der Waals surface area contributed by atoms with Crippen molar-refractivity contribution >= 4 is 16.4 Å². The summed E-state index contributed by atoms with van der Waals surface area (Å²) in [7, 11) is -0.224. The van der Waals surface area contributed by atoms with E-state index in [1.54, 1.807) is 12.1 Å². The molecule has 0 nitrogen and oxygen atoms in total. The average molecular weight is 170 g/mol. The van der Waals surface area contributed by atoms with Gasteiger partial charge in [0.1, 0.15) is 5.82 Å². The summed E-state index contributed by atoms with van der Waals surface area (Å²) in [4.78, 5) is 0.718. The Morgan fingerprint density at radius 2 is 2.09 bits per heavy atom. The van der Waals surface area contributed by atoms with Crippen LogP contribution in [-0.4, -0.2) is 12.1 Å². The molecule has 0 aliphatic rings. The molecule has 0 aliphatic carbocycles. The fourth-order valence-corrected chi connectivity index (χ4v) is 1.58. The number of hydrogen-bond donors (Lipinski definition) is 0. The monoisotopic (exact) mass is 170 g/mol. The van der Waals surface area contributed by atoms with Crippen LogP contribution in [-0.2, 0) is 0 Å². The second-order valence-corrected chi connectivity index (χ2v) is 4.29. The van der Waals surface area contributed by atoms with Crippen LogP contribution in [0.25, 0.3) is 0 Å². The summed E-state index contributed by atoms with van der Waals surface area (Å²) in [5.41, 5.74) is 0.955. The van der Waals surface area contributed by atoms with Crippen molar-refractivity contribution in [1.29, 1.82) is 0 Å². The van der Waals surface area contributed by atoms with Crippen LogP contribution in [0.3, 0.4) is 0 Å². The smallest absolute Gasteiger partial charge is 0.136 e. The third-order valence-corrected chi connectivity index (χ3v) is 2.54. The SMILES string of the molecule is C=S(C)c1ccc(C)cc1F. The van der Waals surface area contributed by atoms with E-state index in [-0.39, 0.29) is 16.3 Å². The Morgan fingerprint density at radius 1 is 1.45 bits per heavy atom. The summed E-state index contributed by atoms with van der Waals surface area (Å²) in [6, 6.07) is 5.26. The van der Waals surface area contributed by atoms with Gasteiger partial charge in [-0.3, -0.25) is 0 Å². The highest BCUT2D eigenvalue weighted by atomic mass is 32.2. The van der Waals surface area contributed by atoms with Gasteiger partial charge in [-0.25, -0.2) is 4.39 Å². The zero-order valence-corrected chi connectivity index (χ0v) is 7.54. The standard InChI is InChI=1S/C9H11FS/c1-7-4-5-9(11(2)3)8(10)6-7/h4-6H,2H2,1,3H3. The van der Waals surface area contributed by atoms with Gasteiger partial charge >= 0.3 is 0 Å². The summed E-state index contributed by atoms with van der Waals surface area (Å²) >= 11 is 0. The van der Waals surface area contributed by atoms with Crippen molar-refractivity contribution in [2.45, 2.75) is 11.8 Å². The molecule has 0 bridgehead atoms. The molecule has 0 spiro atoms. The van der Waals surface area contributed by atoms with Crippen LogP contribution in [0.2, 0.25) is 0 Å². The van der Waals surface area contributed by atoms with Crippen molar-refractivity contribution in [3.8, 4) is 0 Å². The Kier molecular flexibility index (Phi) is 2.45. The number of halogens is 1.